The Morgan fingerprint density at radius 2 is 1.78 bits per heavy atom. The summed E-state index contributed by atoms with van der Waals surface area (Å²) in [6.45, 7) is 0.335. The molecule has 0 fully saturated rings. The molecule has 2 amide bonds. The van der Waals surface area contributed by atoms with E-state index in [9.17, 15) is 9.00 Å². The van der Waals surface area contributed by atoms with E-state index in [4.69, 9.17) is 5.26 Å². The van der Waals surface area contributed by atoms with Gasteiger partial charge in [0.15, 0.2) is 0 Å². The molecule has 6 heteroatoms. The lowest BCUT2D eigenvalue weighted by Gasteiger charge is -2.08. The van der Waals surface area contributed by atoms with Gasteiger partial charge in [0.2, 0.25) is 0 Å². The predicted octanol–water partition coefficient (Wildman–Crippen LogP) is 2.63. The summed E-state index contributed by atoms with van der Waals surface area (Å²) in [6, 6.07) is 17.8. The number of nitrogens with one attached hydrogen (secondary N) is 2. The number of benzene rings is 2. The van der Waals surface area contributed by atoms with Gasteiger partial charge in [0, 0.05) is 34.5 Å². The Labute approximate surface area is 137 Å². The van der Waals surface area contributed by atoms with E-state index in [1.54, 1.807) is 24.3 Å². The minimum atomic E-state index is -1.02. The molecule has 23 heavy (non-hydrogen) atoms. The van der Waals surface area contributed by atoms with Gasteiger partial charge in [0.25, 0.3) is 0 Å². The molecule has 2 aromatic rings. The van der Waals surface area contributed by atoms with Crippen LogP contribution in [0.15, 0.2) is 54.6 Å². The van der Waals surface area contributed by atoms with Crippen LogP contribution >= 0.6 is 0 Å². The molecule has 1 unspecified atom stereocenters. The minimum absolute atomic E-state index is 0.335. The van der Waals surface area contributed by atoms with Crippen molar-refractivity contribution in [1.82, 2.24) is 5.32 Å². The molecule has 0 aliphatic rings. The topological polar surface area (TPSA) is 82.0 Å². The van der Waals surface area contributed by atoms with Crippen molar-refractivity contribution >= 4 is 22.5 Å². The lowest BCUT2D eigenvalue weighted by atomic mass is 10.2. The quantitative estimate of drug-likeness (QED) is 0.855. The van der Waals surface area contributed by atoms with Crippen LogP contribution in [0.25, 0.3) is 0 Å². The van der Waals surface area contributed by atoms with E-state index in [1.165, 1.54) is 0 Å². The molecule has 0 bridgehead atoms. The molecule has 2 aromatic carbocycles. The van der Waals surface area contributed by atoms with Crippen LogP contribution in [-0.4, -0.2) is 22.5 Å². The van der Waals surface area contributed by atoms with Gasteiger partial charge in [-0.2, -0.15) is 5.26 Å². The monoisotopic (exact) mass is 327 g/mol. The second-order valence-corrected chi connectivity index (χ2v) is 6.42. The van der Waals surface area contributed by atoms with Crippen LogP contribution in [-0.2, 0) is 16.6 Å². The van der Waals surface area contributed by atoms with Crippen molar-refractivity contribution in [3.05, 3.63) is 65.7 Å². The highest BCUT2D eigenvalue weighted by atomic mass is 32.2. The maximum atomic E-state index is 11.9. The molecule has 1 atom stereocenters. The zero-order chi connectivity index (χ0) is 16.5. The molecule has 0 aliphatic carbocycles. The Balaban J connectivity index is 1.70. The van der Waals surface area contributed by atoms with E-state index in [0.29, 0.717) is 29.3 Å². The molecule has 0 spiro atoms. The highest BCUT2D eigenvalue weighted by Gasteiger charge is 2.04. The number of carbonyl (C=O) groups excluding carboxylic acids is 1. The summed E-state index contributed by atoms with van der Waals surface area (Å²) in [5.74, 6) is 0.884. The van der Waals surface area contributed by atoms with Gasteiger partial charge < -0.3 is 10.6 Å². The van der Waals surface area contributed by atoms with E-state index in [-0.39, 0.29) is 6.03 Å². The molecule has 2 N–H and O–H groups in total. The summed E-state index contributed by atoms with van der Waals surface area (Å²) in [5.41, 5.74) is 2.16. The molecule has 0 radical (unpaired) electrons. The van der Waals surface area contributed by atoms with Crippen LogP contribution in [0.2, 0.25) is 0 Å². The number of urea groups is 1. The third-order valence-corrected chi connectivity index (χ3v) is 4.37. The van der Waals surface area contributed by atoms with Crippen LogP contribution < -0.4 is 10.6 Å². The summed E-state index contributed by atoms with van der Waals surface area (Å²) in [5, 5.41) is 14.0. The number of nitrogens with zero attached hydrogens (tertiary/aromatic N) is 1. The molecule has 2 rings (SSSR count). The first-order chi connectivity index (χ1) is 11.2. The average Bonchev–Trinajstić information content (AvgIpc) is 2.56. The van der Waals surface area contributed by atoms with E-state index >= 15 is 0 Å². The van der Waals surface area contributed by atoms with E-state index in [0.717, 1.165) is 5.56 Å². The SMILES string of the molecule is N#Cc1ccc(NC(=O)NCCS(=O)Cc2ccccc2)cc1. The Kier molecular flexibility index (Phi) is 6.33. The Morgan fingerprint density at radius 1 is 1.09 bits per heavy atom. The summed E-state index contributed by atoms with van der Waals surface area (Å²) in [7, 11) is -1.02. The highest BCUT2D eigenvalue weighted by Crippen LogP contribution is 2.08. The van der Waals surface area contributed by atoms with E-state index in [2.05, 4.69) is 10.6 Å². The van der Waals surface area contributed by atoms with Crippen molar-refractivity contribution in [1.29, 1.82) is 5.26 Å². The number of hydrogen-bond acceptors (Lipinski definition) is 3. The van der Waals surface area contributed by atoms with Crippen LogP contribution in [0.3, 0.4) is 0 Å². The first kappa shape index (κ1) is 16.7. The predicted molar refractivity (Wildman–Crippen MR) is 91.3 cm³/mol. The zero-order valence-corrected chi connectivity index (χ0v) is 13.3. The van der Waals surface area contributed by atoms with Crippen LogP contribution in [0, 0.1) is 11.3 Å². The number of amides is 2. The van der Waals surface area contributed by atoms with Gasteiger partial charge in [-0.3, -0.25) is 4.21 Å². The van der Waals surface area contributed by atoms with Crippen LogP contribution in [0.4, 0.5) is 10.5 Å². The number of nitriles is 1. The van der Waals surface area contributed by atoms with Crippen molar-refractivity contribution in [3.63, 3.8) is 0 Å². The third-order valence-electron chi connectivity index (χ3n) is 3.06. The molecule has 0 saturated heterocycles. The van der Waals surface area contributed by atoms with Crippen LogP contribution in [0.1, 0.15) is 11.1 Å². The lowest BCUT2D eigenvalue weighted by Crippen LogP contribution is -2.32. The van der Waals surface area contributed by atoms with Gasteiger partial charge in [-0.15, -0.1) is 0 Å². The highest BCUT2D eigenvalue weighted by molar-refractivity contribution is 7.84. The number of hydrogen-bond donors (Lipinski definition) is 2. The molecular weight excluding hydrogens is 310 g/mol. The first-order valence-electron chi connectivity index (χ1n) is 7.11. The van der Waals surface area contributed by atoms with Gasteiger partial charge >= 0.3 is 6.03 Å². The second-order valence-electron chi connectivity index (χ2n) is 4.84. The summed E-state index contributed by atoms with van der Waals surface area (Å²) < 4.78 is 11.9. The van der Waals surface area contributed by atoms with Crippen molar-refractivity contribution in [3.8, 4) is 6.07 Å². The molecule has 0 heterocycles. The summed E-state index contributed by atoms with van der Waals surface area (Å²) in [6.07, 6.45) is 0. The summed E-state index contributed by atoms with van der Waals surface area (Å²) in [4.78, 5) is 11.7. The van der Waals surface area contributed by atoms with Crippen molar-refractivity contribution < 1.29 is 9.00 Å². The smallest absolute Gasteiger partial charge is 0.319 e. The number of rotatable bonds is 6. The van der Waals surface area contributed by atoms with Gasteiger partial charge in [-0.1, -0.05) is 30.3 Å². The largest absolute Gasteiger partial charge is 0.337 e. The average molecular weight is 327 g/mol. The Morgan fingerprint density at radius 3 is 2.43 bits per heavy atom. The molecule has 0 saturated carbocycles. The van der Waals surface area contributed by atoms with Crippen molar-refractivity contribution in [2.24, 2.45) is 0 Å². The summed E-state index contributed by atoms with van der Waals surface area (Å²) >= 11 is 0. The maximum Gasteiger partial charge on any atom is 0.319 e. The molecule has 5 nitrogen and oxygen atoms in total. The molecular formula is C17H17N3O2S. The minimum Gasteiger partial charge on any atom is -0.337 e. The normalized spacial score (nSPS) is 11.3. The lowest BCUT2D eigenvalue weighted by molar-refractivity contribution is 0.252. The van der Waals surface area contributed by atoms with E-state index in [1.807, 2.05) is 36.4 Å². The van der Waals surface area contributed by atoms with Gasteiger partial charge in [-0.25, -0.2) is 4.79 Å². The van der Waals surface area contributed by atoms with Crippen molar-refractivity contribution in [2.75, 3.05) is 17.6 Å². The van der Waals surface area contributed by atoms with Gasteiger partial charge in [0.05, 0.1) is 11.6 Å². The molecule has 118 valence electrons. The fourth-order valence-electron chi connectivity index (χ4n) is 1.91. The standard InChI is InChI=1S/C17H17N3O2S/c18-12-14-6-8-16(9-7-14)20-17(21)19-10-11-23(22)13-15-4-2-1-3-5-15/h1-9H,10-11,13H2,(H2,19,20,21). The zero-order valence-electron chi connectivity index (χ0n) is 12.5. The van der Waals surface area contributed by atoms with E-state index < -0.39 is 10.8 Å². The fraction of sp³-hybridized carbons (Fsp3) is 0.176. The van der Waals surface area contributed by atoms with Crippen molar-refractivity contribution in [2.45, 2.75) is 5.75 Å². The maximum absolute atomic E-state index is 11.9. The third kappa shape index (κ3) is 5.93. The fourth-order valence-corrected chi connectivity index (χ4v) is 2.95. The number of carbonyl (C=O) groups is 1. The first-order valence-corrected chi connectivity index (χ1v) is 8.60. The number of anilines is 1. The van der Waals surface area contributed by atoms with Gasteiger partial charge in [0.1, 0.15) is 0 Å². The Bertz CT molecular complexity index is 709. The molecule has 0 aromatic heterocycles. The Hall–Kier alpha value is -2.65. The molecule has 0 aliphatic heterocycles. The van der Waals surface area contributed by atoms with Gasteiger partial charge in [-0.05, 0) is 29.8 Å². The second kappa shape index (κ2) is 8.71. The van der Waals surface area contributed by atoms with Crippen LogP contribution in [0.5, 0.6) is 0 Å².